The number of hydrogen-bond donors (Lipinski definition) is 0. The Morgan fingerprint density at radius 3 is 2.83 bits per heavy atom. The number of aryl methyl sites for hydroxylation is 1. The first-order chi connectivity index (χ1) is 5.66. The van der Waals surface area contributed by atoms with Crippen LogP contribution in [0, 0.1) is 6.92 Å². The Hall–Kier alpha value is -0.0500. The summed E-state index contributed by atoms with van der Waals surface area (Å²) in [7, 11) is 0. The predicted molar refractivity (Wildman–Crippen MR) is 59.3 cm³/mol. The highest BCUT2D eigenvalue weighted by Crippen LogP contribution is 2.32. The number of fused-ring (bicyclic) bond motifs is 1. The Balaban J connectivity index is 2.83. The Labute approximate surface area is 88.3 Å². The molecule has 1 aromatic carbocycles. The van der Waals surface area contributed by atoms with Gasteiger partial charge in [-0.15, -0.1) is 11.3 Å². The predicted octanol–water partition coefficient (Wildman–Crippen LogP) is 4.63. The molecule has 2 aromatic rings. The molecule has 0 bridgehead atoms. The third-order valence-electron chi connectivity index (χ3n) is 1.77. The zero-order valence-corrected chi connectivity index (χ0v) is 9.55. The van der Waals surface area contributed by atoms with Gasteiger partial charge in [0.1, 0.15) is 0 Å². The number of thiophene rings is 1. The van der Waals surface area contributed by atoms with E-state index in [1.165, 1.54) is 15.6 Å². The quantitative estimate of drug-likeness (QED) is 0.649. The lowest BCUT2D eigenvalue weighted by atomic mass is 10.2. The average molecular weight is 262 g/mol. The van der Waals surface area contributed by atoms with Crippen molar-refractivity contribution in [2.75, 3.05) is 0 Å². The van der Waals surface area contributed by atoms with Crippen LogP contribution in [0.3, 0.4) is 0 Å². The molecular weight excluding hydrogens is 256 g/mol. The monoisotopic (exact) mass is 260 g/mol. The maximum atomic E-state index is 5.89. The van der Waals surface area contributed by atoms with Crippen molar-refractivity contribution in [1.29, 1.82) is 0 Å². The molecule has 0 spiro atoms. The van der Waals surface area contributed by atoms with Crippen molar-refractivity contribution < 1.29 is 0 Å². The van der Waals surface area contributed by atoms with Gasteiger partial charge < -0.3 is 0 Å². The third kappa shape index (κ3) is 1.39. The minimum absolute atomic E-state index is 0.850. The largest absolute Gasteiger partial charge is 0.123 e. The summed E-state index contributed by atoms with van der Waals surface area (Å²) in [5, 5.41) is 1.23. The van der Waals surface area contributed by atoms with Gasteiger partial charge in [-0.1, -0.05) is 27.5 Å². The maximum Gasteiger partial charge on any atom is 0.0940 e. The van der Waals surface area contributed by atoms with Crippen LogP contribution >= 0.6 is 38.9 Å². The summed E-state index contributed by atoms with van der Waals surface area (Å²) in [6.45, 7) is 2.08. The normalized spacial score (nSPS) is 10.9. The second-order valence-electron chi connectivity index (χ2n) is 2.69. The van der Waals surface area contributed by atoms with Gasteiger partial charge in [-0.2, -0.15) is 0 Å². The second kappa shape index (κ2) is 3.02. The molecule has 2 rings (SSSR count). The summed E-state index contributed by atoms with van der Waals surface area (Å²) >= 11 is 11.0. The molecule has 0 saturated heterocycles. The van der Waals surface area contributed by atoms with E-state index < -0.39 is 0 Å². The number of halogens is 2. The molecule has 0 fully saturated rings. The van der Waals surface area contributed by atoms with Gasteiger partial charge in [0.25, 0.3) is 0 Å². The van der Waals surface area contributed by atoms with Crippen LogP contribution in [-0.4, -0.2) is 0 Å². The zero-order valence-electron chi connectivity index (χ0n) is 6.40. The van der Waals surface area contributed by atoms with Gasteiger partial charge >= 0.3 is 0 Å². The van der Waals surface area contributed by atoms with E-state index in [1.807, 2.05) is 6.07 Å². The number of benzene rings is 1. The van der Waals surface area contributed by atoms with Gasteiger partial charge in [-0.05, 0) is 36.1 Å². The fourth-order valence-corrected chi connectivity index (χ4v) is 2.81. The van der Waals surface area contributed by atoms with Gasteiger partial charge in [0, 0.05) is 9.17 Å². The van der Waals surface area contributed by atoms with Crippen LogP contribution in [0.2, 0.25) is 4.34 Å². The summed E-state index contributed by atoms with van der Waals surface area (Å²) in [6, 6.07) is 6.25. The van der Waals surface area contributed by atoms with Crippen molar-refractivity contribution in [3.63, 3.8) is 0 Å². The Morgan fingerprint density at radius 2 is 2.08 bits per heavy atom. The minimum atomic E-state index is 0.850. The highest BCUT2D eigenvalue weighted by Gasteiger charge is 2.02. The highest BCUT2D eigenvalue weighted by atomic mass is 79.9. The minimum Gasteiger partial charge on any atom is -0.123 e. The van der Waals surface area contributed by atoms with E-state index >= 15 is 0 Å². The molecule has 0 saturated carbocycles. The molecule has 0 aliphatic rings. The Morgan fingerprint density at radius 1 is 1.33 bits per heavy atom. The molecule has 12 heavy (non-hydrogen) atoms. The molecule has 0 aliphatic heterocycles. The van der Waals surface area contributed by atoms with E-state index in [0.717, 1.165) is 8.81 Å². The molecule has 0 N–H and O–H groups in total. The summed E-state index contributed by atoms with van der Waals surface area (Å²) in [5.74, 6) is 0. The van der Waals surface area contributed by atoms with Crippen molar-refractivity contribution in [2.24, 2.45) is 0 Å². The van der Waals surface area contributed by atoms with E-state index in [1.54, 1.807) is 11.3 Å². The first-order valence-corrected chi connectivity index (χ1v) is 5.51. The highest BCUT2D eigenvalue weighted by molar-refractivity contribution is 9.10. The van der Waals surface area contributed by atoms with Gasteiger partial charge in [0.2, 0.25) is 0 Å². The standard InChI is InChI=1S/C9H6BrClS/c1-5-2-6-3-9(11)12-8(6)4-7(5)10/h2-4H,1H3. The van der Waals surface area contributed by atoms with Crippen molar-refractivity contribution in [3.05, 3.63) is 32.6 Å². The molecule has 1 aromatic heterocycles. The Kier molecular flexibility index (Phi) is 2.15. The summed E-state index contributed by atoms with van der Waals surface area (Å²) in [4.78, 5) is 0. The van der Waals surface area contributed by atoms with Gasteiger partial charge in [0.05, 0.1) is 4.34 Å². The summed E-state index contributed by atoms with van der Waals surface area (Å²) < 4.78 is 3.23. The fraction of sp³-hybridized carbons (Fsp3) is 0.111. The van der Waals surface area contributed by atoms with Crippen molar-refractivity contribution in [3.8, 4) is 0 Å². The number of hydrogen-bond acceptors (Lipinski definition) is 1. The molecule has 0 nitrogen and oxygen atoms in total. The zero-order chi connectivity index (χ0) is 8.72. The van der Waals surface area contributed by atoms with Crippen LogP contribution in [0.1, 0.15) is 5.56 Å². The fourth-order valence-electron chi connectivity index (χ4n) is 1.14. The van der Waals surface area contributed by atoms with E-state index in [2.05, 4.69) is 35.0 Å². The molecule has 0 atom stereocenters. The van der Waals surface area contributed by atoms with Crippen LogP contribution < -0.4 is 0 Å². The van der Waals surface area contributed by atoms with Crippen molar-refractivity contribution in [1.82, 2.24) is 0 Å². The molecule has 0 amide bonds. The Bertz CT molecular complexity index is 394. The van der Waals surface area contributed by atoms with Crippen molar-refractivity contribution >= 4 is 49.0 Å². The van der Waals surface area contributed by atoms with E-state index in [-0.39, 0.29) is 0 Å². The SMILES string of the molecule is Cc1cc2cc(Cl)sc2cc1Br. The molecule has 0 aliphatic carbocycles. The third-order valence-corrected chi connectivity index (χ3v) is 3.85. The van der Waals surface area contributed by atoms with Crippen LogP contribution in [0.15, 0.2) is 22.7 Å². The molecule has 3 heteroatoms. The second-order valence-corrected chi connectivity index (χ2v) is 5.26. The lowest BCUT2D eigenvalue weighted by Gasteiger charge is -1.96. The van der Waals surface area contributed by atoms with E-state index in [4.69, 9.17) is 11.6 Å². The molecule has 0 unspecified atom stereocenters. The van der Waals surface area contributed by atoms with Crippen LogP contribution in [0.5, 0.6) is 0 Å². The first kappa shape index (κ1) is 8.54. The molecular formula is C9H6BrClS. The van der Waals surface area contributed by atoms with Gasteiger partial charge in [0.15, 0.2) is 0 Å². The maximum absolute atomic E-state index is 5.89. The molecule has 1 heterocycles. The van der Waals surface area contributed by atoms with Gasteiger partial charge in [-0.25, -0.2) is 0 Å². The van der Waals surface area contributed by atoms with E-state index in [0.29, 0.717) is 0 Å². The number of rotatable bonds is 0. The first-order valence-electron chi connectivity index (χ1n) is 3.52. The topological polar surface area (TPSA) is 0 Å². The smallest absolute Gasteiger partial charge is 0.0940 e. The average Bonchev–Trinajstić information content (AvgIpc) is 2.30. The van der Waals surface area contributed by atoms with Gasteiger partial charge in [-0.3, -0.25) is 0 Å². The van der Waals surface area contributed by atoms with Crippen LogP contribution in [-0.2, 0) is 0 Å². The van der Waals surface area contributed by atoms with Crippen molar-refractivity contribution in [2.45, 2.75) is 6.92 Å². The summed E-state index contributed by atoms with van der Waals surface area (Å²) in [5.41, 5.74) is 1.25. The molecule has 62 valence electrons. The summed E-state index contributed by atoms with van der Waals surface area (Å²) in [6.07, 6.45) is 0. The van der Waals surface area contributed by atoms with Crippen LogP contribution in [0.25, 0.3) is 10.1 Å². The van der Waals surface area contributed by atoms with E-state index in [9.17, 15) is 0 Å². The lowest BCUT2D eigenvalue weighted by Crippen LogP contribution is -1.72. The van der Waals surface area contributed by atoms with Crippen LogP contribution in [0.4, 0.5) is 0 Å². The molecule has 0 radical (unpaired) electrons. The lowest BCUT2D eigenvalue weighted by molar-refractivity contribution is 1.47.